The third-order valence-corrected chi connectivity index (χ3v) is 9.40. The summed E-state index contributed by atoms with van der Waals surface area (Å²) in [5.74, 6) is -0.569. The average molecular weight is 619 g/mol. The number of amides is 3. The highest BCUT2D eigenvalue weighted by Crippen LogP contribution is 2.30. The largest absolute Gasteiger partial charge is 0.350 e. The van der Waals surface area contributed by atoms with Gasteiger partial charge in [0.2, 0.25) is 10.0 Å². The second kappa shape index (κ2) is 11.2. The number of sulfonamides is 1. The molecule has 9 nitrogen and oxygen atoms in total. The number of rotatable bonds is 5. The Labute approximate surface area is 228 Å². The molecule has 1 aliphatic heterocycles. The fourth-order valence-electron chi connectivity index (χ4n) is 4.42. The van der Waals surface area contributed by atoms with Crippen molar-refractivity contribution in [3.05, 3.63) is 57.0 Å². The van der Waals surface area contributed by atoms with Crippen LogP contribution in [0.2, 0.25) is 10.0 Å². The molecule has 0 aromatic heterocycles. The second-order valence-corrected chi connectivity index (χ2v) is 12.4. The van der Waals surface area contributed by atoms with E-state index < -0.39 is 28.1 Å². The third-order valence-electron chi connectivity index (χ3n) is 6.32. The number of benzene rings is 2. The Kier molecular flexibility index (Phi) is 8.48. The zero-order valence-electron chi connectivity index (χ0n) is 19.2. The fourth-order valence-corrected chi connectivity index (χ4v) is 6.75. The highest BCUT2D eigenvalue weighted by atomic mass is 79.9. The van der Waals surface area contributed by atoms with Crippen LogP contribution in [-0.2, 0) is 14.8 Å². The molecule has 2 aromatic carbocycles. The van der Waals surface area contributed by atoms with Crippen molar-refractivity contribution in [1.82, 2.24) is 14.5 Å². The lowest BCUT2D eigenvalue weighted by atomic mass is 9.92. The smallest absolute Gasteiger partial charge is 0.323 e. The molecule has 4 rings (SSSR count). The van der Waals surface area contributed by atoms with Gasteiger partial charge in [0.25, 0.3) is 5.91 Å². The van der Waals surface area contributed by atoms with Crippen molar-refractivity contribution in [2.45, 2.75) is 48.8 Å². The third kappa shape index (κ3) is 5.98. The minimum absolute atomic E-state index is 0.0218. The lowest BCUT2D eigenvalue weighted by molar-refractivity contribution is -0.128. The van der Waals surface area contributed by atoms with Crippen molar-refractivity contribution in [3.63, 3.8) is 0 Å². The van der Waals surface area contributed by atoms with Gasteiger partial charge >= 0.3 is 6.03 Å². The van der Waals surface area contributed by atoms with Crippen LogP contribution in [0, 0.1) is 0 Å². The molecule has 3 amide bonds. The van der Waals surface area contributed by atoms with Crippen LogP contribution < -0.4 is 16.4 Å². The molecule has 1 saturated carbocycles. The number of carbonyl (C=O) groups excluding carboxylic acids is 2. The van der Waals surface area contributed by atoms with E-state index in [9.17, 15) is 18.0 Å². The molecule has 2 fully saturated rings. The molecule has 1 aliphatic carbocycles. The Morgan fingerprint density at radius 1 is 1.00 bits per heavy atom. The summed E-state index contributed by atoms with van der Waals surface area (Å²) in [5.41, 5.74) is 6.48. The molecule has 36 heavy (non-hydrogen) atoms. The molecule has 2 aliphatic rings. The van der Waals surface area contributed by atoms with Crippen molar-refractivity contribution in [1.29, 1.82) is 0 Å². The summed E-state index contributed by atoms with van der Waals surface area (Å²) in [6, 6.07) is 10.3. The van der Waals surface area contributed by atoms with E-state index >= 15 is 0 Å². The highest BCUT2D eigenvalue weighted by Gasteiger charge is 2.47. The van der Waals surface area contributed by atoms with E-state index in [2.05, 4.69) is 26.6 Å². The number of urea groups is 1. The summed E-state index contributed by atoms with van der Waals surface area (Å²) in [6.45, 7) is -0.0455. The number of hydrogen-bond donors (Lipinski definition) is 3. The molecule has 2 aromatic rings. The van der Waals surface area contributed by atoms with Crippen LogP contribution in [0.15, 0.2) is 51.8 Å². The molecule has 4 N–H and O–H groups in total. The second-order valence-electron chi connectivity index (χ2n) is 8.82. The van der Waals surface area contributed by atoms with Crippen molar-refractivity contribution < 1.29 is 18.0 Å². The number of nitrogens with zero attached hydrogens (tertiary/aromatic N) is 2. The van der Waals surface area contributed by atoms with Gasteiger partial charge in [-0.05, 0) is 62.1 Å². The van der Waals surface area contributed by atoms with Gasteiger partial charge in [0.1, 0.15) is 0 Å². The molecular weight excluding hydrogens is 593 g/mol. The van der Waals surface area contributed by atoms with Crippen molar-refractivity contribution in [3.8, 4) is 0 Å². The Bertz CT molecular complexity index is 1260. The van der Waals surface area contributed by atoms with Gasteiger partial charge in [0.05, 0.1) is 14.9 Å². The minimum Gasteiger partial charge on any atom is -0.350 e. The van der Waals surface area contributed by atoms with E-state index in [1.165, 1.54) is 23.1 Å². The molecule has 1 unspecified atom stereocenters. The van der Waals surface area contributed by atoms with Gasteiger partial charge in [-0.25, -0.2) is 13.2 Å². The first-order valence-electron chi connectivity index (χ1n) is 11.4. The van der Waals surface area contributed by atoms with Crippen LogP contribution in [0.4, 0.5) is 10.5 Å². The number of hydrogen-bond acceptors (Lipinski definition) is 5. The summed E-state index contributed by atoms with van der Waals surface area (Å²) < 4.78 is 28.9. The summed E-state index contributed by atoms with van der Waals surface area (Å²) >= 11 is 15.4. The van der Waals surface area contributed by atoms with Gasteiger partial charge in [-0.2, -0.15) is 4.31 Å². The van der Waals surface area contributed by atoms with E-state index in [0.29, 0.717) is 18.5 Å². The van der Waals surface area contributed by atoms with Crippen LogP contribution in [0.5, 0.6) is 0 Å². The Hall–Kier alpha value is -1.89. The SMILES string of the molecule is NC1CCC(NC(=O)C2N(C(=O)Nc3cccc(Br)c3)CCN2S(=O)(=O)c2ccc(Cl)c(Cl)c2)CC1. The van der Waals surface area contributed by atoms with E-state index in [-0.39, 0.29) is 40.1 Å². The van der Waals surface area contributed by atoms with Crippen LogP contribution in [-0.4, -0.2) is 60.9 Å². The number of halogens is 3. The molecule has 0 radical (unpaired) electrons. The van der Waals surface area contributed by atoms with E-state index in [4.69, 9.17) is 28.9 Å². The predicted octanol–water partition coefficient (Wildman–Crippen LogP) is 4.01. The van der Waals surface area contributed by atoms with Gasteiger partial charge in [0.15, 0.2) is 6.17 Å². The van der Waals surface area contributed by atoms with Gasteiger partial charge in [-0.15, -0.1) is 0 Å². The fraction of sp³-hybridized carbons (Fsp3) is 0.391. The Balaban J connectivity index is 1.62. The van der Waals surface area contributed by atoms with Gasteiger partial charge in [-0.3, -0.25) is 9.69 Å². The number of anilines is 1. The highest BCUT2D eigenvalue weighted by molar-refractivity contribution is 9.10. The lowest BCUT2D eigenvalue weighted by Crippen LogP contribution is -2.56. The molecular formula is C23H26BrCl2N5O4S. The van der Waals surface area contributed by atoms with Gasteiger partial charge in [-0.1, -0.05) is 45.2 Å². The summed E-state index contributed by atoms with van der Waals surface area (Å²) in [7, 11) is -4.19. The number of carbonyl (C=O) groups is 2. The quantitative estimate of drug-likeness (QED) is 0.467. The first kappa shape index (κ1) is 27.2. The maximum atomic E-state index is 13.6. The van der Waals surface area contributed by atoms with E-state index in [0.717, 1.165) is 21.6 Å². The zero-order chi connectivity index (χ0) is 26.0. The maximum absolute atomic E-state index is 13.6. The molecule has 194 valence electrons. The molecule has 1 atom stereocenters. The molecule has 1 heterocycles. The average Bonchev–Trinajstić information content (AvgIpc) is 3.29. The molecule has 0 bridgehead atoms. The molecule has 0 spiro atoms. The zero-order valence-corrected chi connectivity index (χ0v) is 23.1. The minimum atomic E-state index is -4.19. The van der Waals surface area contributed by atoms with Crippen LogP contribution in [0.1, 0.15) is 25.7 Å². The topological polar surface area (TPSA) is 125 Å². The van der Waals surface area contributed by atoms with Crippen molar-refractivity contribution in [2.75, 3.05) is 18.4 Å². The first-order valence-corrected chi connectivity index (χ1v) is 14.4. The number of nitrogens with two attached hydrogens (primary N) is 1. The molecule has 1 saturated heterocycles. The predicted molar refractivity (Wildman–Crippen MR) is 142 cm³/mol. The van der Waals surface area contributed by atoms with Gasteiger partial charge in [0, 0.05) is 35.3 Å². The monoisotopic (exact) mass is 617 g/mol. The normalized spacial score (nSPS) is 22.9. The summed E-state index contributed by atoms with van der Waals surface area (Å²) in [5, 5.41) is 5.96. The number of nitrogens with one attached hydrogen (secondary N) is 2. The van der Waals surface area contributed by atoms with Crippen LogP contribution in [0.3, 0.4) is 0 Å². The maximum Gasteiger partial charge on any atom is 0.323 e. The van der Waals surface area contributed by atoms with Gasteiger partial charge < -0.3 is 16.4 Å². The first-order chi connectivity index (χ1) is 17.1. The van der Waals surface area contributed by atoms with Crippen LogP contribution >= 0.6 is 39.1 Å². The van der Waals surface area contributed by atoms with Crippen molar-refractivity contribution >= 4 is 66.8 Å². The standard InChI is InChI=1S/C23H26BrCl2N5O4S/c24-14-2-1-3-17(12-14)29-23(33)30-10-11-31(36(34,35)18-8-9-19(25)20(26)13-18)22(30)21(32)28-16-6-4-15(27)5-7-16/h1-3,8-9,12-13,15-16,22H,4-7,10-11,27H2,(H,28,32)(H,29,33). The van der Waals surface area contributed by atoms with Crippen LogP contribution in [0.25, 0.3) is 0 Å². The lowest BCUT2D eigenvalue weighted by Gasteiger charge is -2.32. The molecule has 13 heteroatoms. The van der Waals surface area contributed by atoms with E-state index in [1.54, 1.807) is 18.2 Å². The summed E-state index contributed by atoms with van der Waals surface area (Å²) in [4.78, 5) is 27.8. The van der Waals surface area contributed by atoms with E-state index in [1.807, 2.05) is 6.07 Å². The summed E-state index contributed by atoms with van der Waals surface area (Å²) in [6.07, 6.45) is 1.50. The Morgan fingerprint density at radius 3 is 2.39 bits per heavy atom. The van der Waals surface area contributed by atoms with Crippen molar-refractivity contribution in [2.24, 2.45) is 5.73 Å². The Morgan fingerprint density at radius 2 is 1.72 bits per heavy atom.